The summed E-state index contributed by atoms with van der Waals surface area (Å²) in [5, 5.41) is 0. The van der Waals surface area contributed by atoms with E-state index < -0.39 is 16.0 Å². The van der Waals surface area contributed by atoms with Crippen molar-refractivity contribution in [1.29, 1.82) is 0 Å². The molecule has 0 bridgehead atoms. The molecule has 1 unspecified atom stereocenters. The lowest BCUT2D eigenvalue weighted by atomic mass is 10.1. The minimum absolute atomic E-state index is 0.117. The Kier molecular flexibility index (Phi) is 3.23. The van der Waals surface area contributed by atoms with Crippen molar-refractivity contribution in [3.8, 4) is 0 Å². The molecule has 0 aliphatic carbocycles. The molecule has 0 spiro atoms. The van der Waals surface area contributed by atoms with Crippen LogP contribution in [0.25, 0.3) is 0 Å². The fourth-order valence-corrected chi connectivity index (χ4v) is 1.75. The average Bonchev–Trinajstić information content (AvgIpc) is 2.15. The van der Waals surface area contributed by atoms with E-state index in [1.165, 1.54) is 24.3 Å². The quantitative estimate of drug-likeness (QED) is 0.823. The number of sulfone groups is 1. The second-order valence-corrected chi connectivity index (χ2v) is 5.06. The molecule has 1 aromatic carbocycles. The summed E-state index contributed by atoms with van der Waals surface area (Å²) in [5.74, 6) is 0. The summed E-state index contributed by atoms with van der Waals surface area (Å²) >= 11 is 0. The number of hydrogen-bond acceptors (Lipinski definition) is 3. The lowest BCUT2D eigenvalue weighted by molar-refractivity contribution is 0.352. The number of rotatable bonds is 3. The molecule has 5 heteroatoms. The van der Waals surface area contributed by atoms with Gasteiger partial charge in [0.25, 0.3) is 0 Å². The molecule has 0 heterocycles. The van der Waals surface area contributed by atoms with E-state index in [0.717, 1.165) is 6.26 Å². The third-order valence-corrected chi connectivity index (χ3v) is 2.97. The van der Waals surface area contributed by atoms with Crippen molar-refractivity contribution in [2.45, 2.75) is 11.1 Å². The topological polar surface area (TPSA) is 60.2 Å². The highest BCUT2D eigenvalue weighted by Crippen LogP contribution is 2.19. The highest BCUT2D eigenvalue weighted by Gasteiger charge is 2.11. The zero-order chi connectivity index (χ0) is 10.8. The minimum atomic E-state index is -3.27. The second-order valence-electron chi connectivity index (χ2n) is 3.05. The first kappa shape index (κ1) is 11.1. The van der Waals surface area contributed by atoms with Gasteiger partial charge in [-0.2, -0.15) is 0 Å². The Balaban J connectivity index is 3.14. The van der Waals surface area contributed by atoms with Gasteiger partial charge in [-0.25, -0.2) is 12.8 Å². The van der Waals surface area contributed by atoms with Crippen molar-refractivity contribution in [2.75, 3.05) is 12.8 Å². The maximum Gasteiger partial charge on any atom is 0.175 e. The number of halogens is 1. The van der Waals surface area contributed by atoms with Crippen LogP contribution in [0.4, 0.5) is 4.39 Å². The van der Waals surface area contributed by atoms with Crippen LogP contribution in [0.5, 0.6) is 0 Å². The van der Waals surface area contributed by atoms with Crippen LogP contribution in [0.1, 0.15) is 11.7 Å². The first-order chi connectivity index (χ1) is 6.45. The molecule has 0 aliphatic heterocycles. The van der Waals surface area contributed by atoms with Crippen LogP contribution in [0, 0.1) is 0 Å². The summed E-state index contributed by atoms with van der Waals surface area (Å²) < 4.78 is 35.4. The van der Waals surface area contributed by atoms with E-state index >= 15 is 0 Å². The lowest BCUT2D eigenvalue weighted by Crippen LogP contribution is -2.08. The van der Waals surface area contributed by atoms with Gasteiger partial charge >= 0.3 is 0 Å². The van der Waals surface area contributed by atoms with E-state index in [-0.39, 0.29) is 11.4 Å². The zero-order valence-electron chi connectivity index (χ0n) is 7.77. The predicted octanol–water partition coefficient (Wildman–Crippen LogP) is 1.06. The zero-order valence-corrected chi connectivity index (χ0v) is 8.59. The minimum Gasteiger partial charge on any atom is -0.327 e. The number of hydrogen-bond donors (Lipinski definition) is 1. The molecule has 14 heavy (non-hydrogen) atoms. The van der Waals surface area contributed by atoms with Crippen LogP contribution in [-0.2, 0) is 9.84 Å². The van der Waals surface area contributed by atoms with Gasteiger partial charge < -0.3 is 5.73 Å². The van der Waals surface area contributed by atoms with Crippen LogP contribution >= 0.6 is 0 Å². The Labute approximate surface area is 82.7 Å². The Morgan fingerprint density at radius 1 is 1.50 bits per heavy atom. The van der Waals surface area contributed by atoms with Gasteiger partial charge in [-0.1, -0.05) is 12.1 Å². The van der Waals surface area contributed by atoms with E-state index in [2.05, 4.69) is 0 Å². The van der Waals surface area contributed by atoms with Gasteiger partial charge in [-0.05, 0) is 17.7 Å². The van der Waals surface area contributed by atoms with Crippen molar-refractivity contribution < 1.29 is 12.8 Å². The van der Waals surface area contributed by atoms with Gasteiger partial charge in [0, 0.05) is 12.8 Å². The Bertz CT molecular complexity index is 417. The fraction of sp³-hybridized carbons (Fsp3) is 0.333. The smallest absolute Gasteiger partial charge is 0.175 e. The predicted molar refractivity (Wildman–Crippen MR) is 52.5 cm³/mol. The number of nitrogens with two attached hydrogens (primary N) is 1. The molecule has 0 radical (unpaired) electrons. The van der Waals surface area contributed by atoms with Crippen LogP contribution < -0.4 is 5.73 Å². The third-order valence-electron chi connectivity index (χ3n) is 1.85. The molecule has 1 aromatic rings. The van der Waals surface area contributed by atoms with Crippen molar-refractivity contribution in [2.24, 2.45) is 5.73 Å². The van der Waals surface area contributed by atoms with Crippen LogP contribution in [0.2, 0.25) is 0 Å². The SMILES string of the molecule is CS(=O)(=O)c1cccc(C(F)CN)c1. The van der Waals surface area contributed by atoms with E-state index in [4.69, 9.17) is 5.73 Å². The van der Waals surface area contributed by atoms with E-state index in [1.54, 1.807) is 0 Å². The first-order valence-corrected chi connectivity index (χ1v) is 5.98. The fourth-order valence-electron chi connectivity index (χ4n) is 1.08. The molecule has 0 aliphatic rings. The van der Waals surface area contributed by atoms with Gasteiger partial charge in [-0.3, -0.25) is 0 Å². The van der Waals surface area contributed by atoms with Crippen molar-refractivity contribution in [3.63, 3.8) is 0 Å². The van der Waals surface area contributed by atoms with Gasteiger partial charge in [0.15, 0.2) is 9.84 Å². The summed E-state index contributed by atoms with van der Waals surface area (Å²) in [5.41, 5.74) is 5.44. The molecule has 0 amide bonds. The van der Waals surface area contributed by atoms with E-state index in [9.17, 15) is 12.8 Å². The highest BCUT2D eigenvalue weighted by atomic mass is 32.2. The van der Waals surface area contributed by atoms with Gasteiger partial charge in [0.2, 0.25) is 0 Å². The standard InChI is InChI=1S/C9H12FNO2S/c1-14(12,13)8-4-2-3-7(5-8)9(10)6-11/h2-5,9H,6,11H2,1H3. The van der Waals surface area contributed by atoms with E-state index in [1.807, 2.05) is 0 Å². The van der Waals surface area contributed by atoms with Gasteiger partial charge in [-0.15, -0.1) is 0 Å². The normalized spacial score (nSPS) is 13.9. The van der Waals surface area contributed by atoms with Crippen LogP contribution in [-0.4, -0.2) is 21.2 Å². The first-order valence-electron chi connectivity index (χ1n) is 4.09. The molecular formula is C9H12FNO2S. The summed E-state index contributed by atoms with van der Waals surface area (Å²) in [4.78, 5) is 0.117. The lowest BCUT2D eigenvalue weighted by Gasteiger charge is -2.06. The molecule has 1 atom stereocenters. The monoisotopic (exact) mass is 217 g/mol. The summed E-state index contributed by atoms with van der Waals surface area (Å²) in [6, 6.07) is 5.77. The number of benzene rings is 1. The third kappa shape index (κ3) is 2.52. The highest BCUT2D eigenvalue weighted by molar-refractivity contribution is 7.90. The maximum absolute atomic E-state index is 13.1. The average molecular weight is 217 g/mol. The molecule has 1 rings (SSSR count). The number of alkyl halides is 1. The van der Waals surface area contributed by atoms with Crippen molar-refractivity contribution in [3.05, 3.63) is 29.8 Å². The molecule has 2 N–H and O–H groups in total. The largest absolute Gasteiger partial charge is 0.327 e. The Morgan fingerprint density at radius 3 is 2.64 bits per heavy atom. The Morgan fingerprint density at radius 2 is 2.14 bits per heavy atom. The van der Waals surface area contributed by atoms with Crippen molar-refractivity contribution in [1.82, 2.24) is 0 Å². The van der Waals surface area contributed by atoms with Crippen molar-refractivity contribution >= 4 is 9.84 Å². The van der Waals surface area contributed by atoms with Crippen LogP contribution in [0.15, 0.2) is 29.2 Å². The molecule has 0 saturated carbocycles. The molecule has 3 nitrogen and oxygen atoms in total. The van der Waals surface area contributed by atoms with E-state index in [0.29, 0.717) is 5.56 Å². The molecule has 0 fully saturated rings. The van der Waals surface area contributed by atoms with Crippen LogP contribution in [0.3, 0.4) is 0 Å². The maximum atomic E-state index is 13.1. The molecule has 0 saturated heterocycles. The van der Waals surface area contributed by atoms with Gasteiger partial charge in [0.05, 0.1) is 4.90 Å². The van der Waals surface area contributed by atoms with Gasteiger partial charge in [0.1, 0.15) is 6.17 Å². The Hall–Kier alpha value is -0.940. The summed E-state index contributed by atoms with van der Waals surface area (Å²) in [7, 11) is -3.27. The molecule has 0 aromatic heterocycles. The summed E-state index contributed by atoms with van der Waals surface area (Å²) in [6.45, 7) is -0.146. The molecular weight excluding hydrogens is 205 g/mol. The summed E-state index contributed by atoms with van der Waals surface area (Å²) in [6.07, 6.45) is -0.223. The molecule has 78 valence electrons. The second kappa shape index (κ2) is 4.06.